The van der Waals surface area contributed by atoms with Gasteiger partial charge in [-0.1, -0.05) is 42.5 Å². The molecule has 2 aromatic rings. The highest BCUT2D eigenvalue weighted by Gasteiger charge is 2.27. The zero-order valence-corrected chi connectivity index (χ0v) is 14.4. The van der Waals surface area contributed by atoms with E-state index in [0.29, 0.717) is 0 Å². The molecule has 24 heavy (non-hydrogen) atoms. The van der Waals surface area contributed by atoms with Crippen molar-refractivity contribution in [2.24, 2.45) is 0 Å². The zero-order valence-electron chi connectivity index (χ0n) is 14.4. The van der Waals surface area contributed by atoms with E-state index in [-0.39, 0.29) is 6.04 Å². The first-order valence-electron chi connectivity index (χ1n) is 8.55. The molecule has 2 aromatic carbocycles. The van der Waals surface area contributed by atoms with Crippen LogP contribution in [0.15, 0.2) is 54.6 Å². The van der Waals surface area contributed by atoms with Gasteiger partial charge in [-0.3, -0.25) is 4.90 Å². The van der Waals surface area contributed by atoms with Gasteiger partial charge in [0.25, 0.3) is 0 Å². The molecule has 1 fully saturated rings. The number of nitrogens with zero attached hydrogens (tertiary/aromatic N) is 2. The van der Waals surface area contributed by atoms with Crippen molar-refractivity contribution in [3.63, 3.8) is 0 Å². The molecule has 1 N–H and O–H groups in total. The molecule has 0 unspecified atom stereocenters. The fraction of sp³-hybridized carbons (Fsp3) is 0.400. The Morgan fingerprint density at radius 1 is 0.917 bits per heavy atom. The van der Waals surface area contributed by atoms with Crippen LogP contribution in [0.2, 0.25) is 0 Å². The number of benzene rings is 2. The molecular formula is C20H26N2O2. The molecule has 1 saturated heterocycles. The van der Waals surface area contributed by atoms with Gasteiger partial charge in [0.05, 0.1) is 18.9 Å². The van der Waals surface area contributed by atoms with Crippen LogP contribution in [-0.4, -0.2) is 49.3 Å². The van der Waals surface area contributed by atoms with Gasteiger partial charge in [-0.15, -0.1) is 0 Å². The molecule has 0 spiro atoms. The molecule has 0 amide bonds. The van der Waals surface area contributed by atoms with Crippen LogP contribution in [0.25, 0.3) is 0 Å². The summed E-state index contributed by atoms with van der Waals surface area (Å²) in [5.74, 6) is 0.920. The van der Waals surface area contributed by atoms with Crippen LogP contribution in [0, 0.1) is 0 Å². The van der Waals surface area contributed by atoms with E-state index in [9.17, 15) is 5.11 Å². The molecule has 128 valence electrons. The minimum atomic E-state index is -0.455. The number of piperazine rings is 1. The number of aliphatic hydroxyl groups excluding tert-OH is 1. The molecule has 0 radical (unpaired) electrons. The molecule has 0 saturated carbocycles. The molecule has 0 bridgehead atoms. The standard InChI is InChI=1S/C20H26N2O2/c1-16(20(23)17-8-4-3-5-9-17)21-12-14-22(15-13-21)18-10-6-7-11-19(18)24-2/h3-11,16,20,23H,12-15H2,1-2H3/t16-,20+/m1/s1. The summed E-state index contributed by atoms with van der Waals surface area (Å²) in [5.41, 5.74) is 2.13. The Labute approximate surface area is 144 Å². The molecule has 1 aliphatic rings. The molecule has 1 heterocycles. The lowest BCUT2D eigenvalue weighted by Gasteiger charge is -2.40. The Bertz CT molecular complexity index is 639. The van der Waals surface area contributed by atoms with E-state index in [0.717, 1.165) is 43.2 Å². The zero-order chi connectivity index (χ0) is 16.9. The number of para-hydroxylation sites is 2. The second kappa shape index (κ2) is 7.69. The van der Waals surface area contributed by atoms with Gasteiger partial charge in [0.1, 0.15) is 5.75 Å². The van der Waals surface area contributed by atoms with Crippen LogP contribution in [0.3, 0.4) is 0 Å². The van der Waals surface area contributed by atoms with Crippen molar-refractivity contribution in [3.8, 4) is 5.75 Å². The smallest absolute Gasteiger partial charge is 0.142 e. The van der Waals surface area contributed by atoms with Crippen LogP contribution in [0.4, 0.5) is 5.69 Å². The second-order valence-electron chi connectivity index (χ2n) is 6.29. The summed E-state index contributed by atoms with van der Waals surface area (Å²) in [6.45, 7) is 5.85. The van der Waals surface area contributed by atoms with Crippen molar-refractivity contribution in [2.45, 2.75) is 19.1 Å². The summed E-state index contributed by atoms with van der Waals surface area (Å²) in [7, 11) is 1.72. The fourth-order valence-electron chi connectivity index (χ4n) is 3.39. The summed E-state index contributed by atoms with van der Waals surface area (Å²) in [4.78, 5) is 4.72. The number of hydrogen-bond donors (Lipinski definition) is 1. The van der Waals surface area contributed by atoms with Crippen LogP contribution >= 0.6 is 0 Å². The van der Waals surface area contributed by atoms with Crippen molar-refractivity contribution in [2.75, 3.05) is 38.2 Å². The summed E-state index contributed by atoms with van der Waals surface area (Å²) >= 11 is 0. The van der Waals surface area contributed by atoms with Crippen LogP contribution in [0.1, 0.15) is 18.6 Å². The third-order valence-electron chi connectivity index (χ3n) is 4.91. The van der Waals surface area contributed by atoms with E-state index >= 15 is 0 Å². The average Bonchev–Trinajstić information content (AvgIpc) is 2.67. The second-order valence-corrected chi connectivity index (χ2v) is 6.29. The van der Waals surface area contributed by atoms with Crippen LogP contribution in [0.5, 0.6) is 5.75 Å². The Kier molecular flexibility index (Phi) is 5.38. The molecule has 4 heteroatoms. The van der Waals surface area contributed by atoms with Crippen molar-refractivity contribution < 1.29 is 9.84 Å². The Balaban J connectivity index is 1.62. The van der Waals surface area contributed by atoms with Crippen LogP contribution < -0.4 is 9.64 Å². The maximum absolute atomic E-state index is 10.6. The quantitative estimate of drug-likeness (QED) is 0.916. The Hall–Kier alpha value is -2.04. The van der Waals surface area contributed by atoms with Gasteiger partial charge in [0.2, 0.25) is 0 Å². The highest BCUT2D eigenvalue weighted by Crippen LogP contribution is 2.29. The number of aliphatic hydroxyl groups is 1. The molecule has 0 aliphatic carbocycles. The largest absolute Gasteiger partial charge is 0.495 e. The topological polar surface area (TPSA) is 35.9 Å². The van der Waals surface area contributed by atoms with E-state index < -0.39 is 6.10 Å². The summed E-state index contributed by atoms with van der Waals surface area (Å²) in [6.07, 6.45) is -0.455. The summed E-state index contributed by atoms with van der Waals surface area (Å²) in [5, 5.41) is 10.6. The van der Waals surface area contributed by atoms with E-state index in [1.54, 1.807) is 7.11 Å². The first-order valence-corrected chi connectivity index (χ1v) is 8.55. The molecule has 3 rings (SSSR count). The Morgan fingerprint density at radius 3 is 2.21 bits per heavy atom. The van der Waals surface area contributed by atoms with Gasteiger partial charge in [-0.2, -0.15) is 0 Å². The van der Waals surface area contributed by atoms with Crippen molar-refractivity contribution in [3.05, 3.63) is 60.2 Å². The van der Waals surface area contributed by atoms with E-state index in [2.05, 4.69) is 22.8 Å². The predicted molar refractivity (Wildman–Crippen MR) is 97.6 cm³/mol. The molecular weight excluding hydrogens is 300 g/mol. The number of hydrogen-bond acceptors (Lipinski definition) is 4. The van der Waals surface area contributed by atoms with Gasteiger partial charge >= 0.3 is 0 Å². The van der Waals surface area contributed by atoms with E-state index in [4.69, 9.17) is 4.74 Å². The third kappa shape index (κ3) is 3.55. The van der Waals surface area contributed by atoms with Crippen LogP contribution in [-0.2, 0) is 0 Å². The first kappa shape index (κ1) is 16.8. The van der Waals surface area contributed by atoms with E-state index in [1.807, 2.05) is 48.5 Å². The lowest BCUT2D eigenvalue weighted by atomic mass is 10.0. The van der Waals surface area contributed by atoms with Gasteiger partial charge in [-0.05, 0) is 24.6 Å². The van der Waals surface area contributed by atoms with Crippen molar-refractivity contribution >= 4 is 5.69 Å². The number of rotatable bonds is 5. The molecule has 2 atom stereocenters. The normalized spacial score (nSPS) is 18.2. The van der Waals surface area contributed by atoms with Crippen molar-refractivity contribution in [1.29, 1.82) is 0 Å². The third-order valence-corrected chi connectivity index (χ3v) is 4.91. The predicted octanol–water partition coefficient (Wildman–Crippen LogP) is 2.94. The van der Waals surface area contributed by atoms with Gasteiger partial charge in [-0.25, -0.2) is 0 Å². The minimum absolute atomic E-state index is 0.104. The maximum atomic E-state index is 10.6. The minimum Gasteiger partial charge on any atom is -0.495 e. The lowest BCUT2D eigenvalue weighted by molar-refractivity contribution is 0.0545. The Morgan fingerprint density at radius 2 is 1.54 bits per heavy atom. The summed E-state index contributed by atoms with van der Waals surface area (Å²) in [6, 6.07) is 18.2. The molecule has 1 aliphatic heterocycles. The van der Waals surface area contributed by atoms with Gasteiger partial charge in [0, 0.05) is 32.2 Å². The maximum Gasteiger partial charge on any atom is 0.142 e. The van der Waals surface area contributed by atoms with Gasteiger partial charge in [0.15, 0.2) is 0 Å². The number of anilines is 1. The fourth-order valence-corrected chi connectivity index (χ4v) is 3.39. The van der Waals surface area contributed by atoms with E-state index in [1.165, 1.54) is 0 Å². The SMILES string of the molecule is COc1ccccc1N1CCN([C@H](C)[C@H](O)c2ccccc2)CC1. The van der Waals surface area contributed by atoms with Crippen molar-refractivity contribution in [1.82, 2.24) is 4.90 Å². The summed E-state index contributed by atoms with van der Waals surface area (Å²) < 4.78 is 5.47. The first-order chi connectivity index (χ1) is 11.7. The van der Waals surface area contributed by atoms with Gasteiger partial charge < -0.3 is 14.7 Å². The number of methoxy groups -OCH3 is 1. The monoisotopic (exact) mass is 326 g/mol. The average molecular weight is 326 g/mol. The number of ether oxygens (including phenoxy) is 1. The molecule has 0 aromatic heterocycles. The highest BCUT2D eigenvalue weighted by molar-refractivity contribution is 5.58. The molecule has 4 nitrogen and oxygen atoms in total. The lowest BCUT2D eigenvalue weighted by Crippen LogP contribution is -2.51. The highest BCUT2D eigenvalue weighted by atomic mass is 16.5.